The first-order valence-electron chi connectivity index (χ1n) is 7.41. The average Bonchev–Trinajstić information content (AvgIpc) is 2.47. The van der Waals surface area contributed by atoms with Crippen LogP contribution in [0, 0.1) is 5.92 Å². The molecule has 0 radical (unpaired) electrons. The van der Waals surface area contributed by atoms with Gasteiger partial charge >= 0.3 is 0 Å². The van der Waals surface area contributed by atoms with Crippen molar-refractivity contribution in [3.05, 3.63) is 0 Å². The smallest absolute Gasteiger partial charge is 0.0799 e. The molecule has 0 saturated heterocycles. The third-order valence-electron chi connectivity index (χ3n) is 3.62. The maximum Gasteiger partial charge on any atom is 0.0799 e. The van der Waals surface area contributed by atoms with Gasteiger partial charge in [0.05, 0.1) is 31.5 Å². The molecule has 0 amide bonds. The fourth-order valence-corrected chi connectivity index (χ4v) is 2.27. The van der Waals surface area contributed by atoms with Gasteiger partial charge in [-0.2, -0.15) is 0 Å². The monoisotopic (exact) mass is 294 g/mol. The molecule has 0 aromatic heterocycles. The van der Waals surface area contributed by atoms with Crippen molar-refractivity contribution in [1.82, 2.24) is 0 Å². The molecule has 20 heavy (non-hydrogen) atoms. The van der Waals surface area contributed by atoms with Gasteiger partial charge in [0.25, 0.3) is 0 Å². The van der Waals surface area contributed by atoms with E-state index >= 15 is 0 Å². The molecule has 0 rings (SSSR count). The van der Waals surface area contributed by atoms with E-state index in [0.717, 1.165) is 0 Å². The summed E-state index contributed by atoms with van der Waals surface area (Å²) < 4.78 is 0. The van der Waals surface area contributed by atoms with Gasteiger partial charge < -0.3 is 30.6 Å². The van der Waals surface area contributed by atoms with Crippen LogP contribution in [0.25, 0.3) is 0 Å². The summed E-state index contributed by atoms with van der Waals surface area (Å²) in [6, 6.07) is 0. The van der Waals surface area contributed by atoms with Crippen LogP contribution in [0.2, 0.25) is 0 Å². The van der Waals surface area contributed by atoms with Gasteiger partial charge in [0.15, 0.2) is 0 Å². The largest absolute Gasteiger partial charge is 0.396 e. The first-order chi connectivity index (χ1) is 9.54. The predicted molar refractivity (Wildman–Crippen MR) is 75.1 cm³/mol. The molecular weight excluding hydrogens is 264 g/mol. The molecule has 0 saturated carbocycles. The Morgan fingerprint density at radius 1 is 0.600 bits per heavy atom. The van der Waals surface area contributed by atoms with E-state index in [2.05, 4.69) is 0 Å². The van der Waals surface area contributed by atoms with E-state index in [4.69, 9.17) is 15.3 Å². The number of hydrogen-bond donors (Lipinski definition) is 6. The Morgan fingerprint density at radius 3 is 1.75 bits per heavy atom. The standard InChI is InChI=1S/C14H30O6/c15-8-2-4-11(14(20)10-17)3-1-5-12(18)6-7-13(19)9-16/h11-20H,1-10H2. The van der Waals surface area contributed by atoms with E-state index in [-0.39, 0.29) is 25.7 Å². The summed E-state index contributed by atoms with van der Waals surface area (Å²) in [6.45, 7) is -0.518. The lowest BCUT2D eigenvalue weighted by Crippen LogP contribution is -2.25. The lowest BCUT2D eigenvalue weighted by Gasteiger charge is -2.21. The summed E-state index contributed by atoms with van der Waals surface area (Å²) in [5.74, 6) is -0.0672. The summed E-state index contributed by atoms with van der Waals surface area (Å²) in [5.41, 5.74) is 0. The molecule has 0 fully saturated rings. The Bertz CT molecular complexity index is 214. The Labute approximate surface area is 120 Å². The normalized spacial score (nSPS) is 17.7. The summed E-state index contributed by atoms with van der Waals surface area (Å²) in [7, 11) is 0. The fourth-order valence-electron chi connectivity index (χ4n) is 2.27. The van der Waals surface area contributed by atoms with Gasteiger partial charge in [-0.15, -0.1) is 0 Å². The van der Waals surface area contributed by atoms with E-state index in [1.807, 2.05) is 0 Å². The lowest BCUT2D eigenvalue weighted by atomic mass is 9.90. The summed E-state index contributed by atoms with van der Waals surface area (Å²) in [6.07, 6.45) is 1.91. The average molecular weight is 294 g/mol. The summed E-state index contributed by atoms with van der Waals surface area (Å²) in [4.78, 5) is 0. The minimum atomic E-state index is -0.782. The molecule has 0 aromatic rings. The van der Waals surface area contributed by atoms with Crippen LogP contribution >= 0.6 is 0 Å². The van der Waals surface area contributed by atoms with Crippen molar-refractivity contribution >= 4 is 0 Å². The van der Waals surface area contributed by atoms with Gasteiger partial charge in [-0.1, -0.05) is 6.42 Å². The highest BCUT2D eigenvalue weighted by molar-refractivity contribution is 4.70. The van der Waals surface area contributed by atoms with Crippen molar-refractivity contribution in [3.8, 4) is 0 Å². The number of hydrogen-bond acceptors (Lipinski definition) is 6. The van der Waals surface area contributed by atoms with E-state index in [9.17, 15) is 15.3 Å². The second-order valence-corrected chi connectivity index (χ2v) is 5.37. The molecule has 6 heteroatoms. The highest BCUT2D eigenvalue weighted by atomic mass is 16.3. The molecule has 0 aliphatic rings. The maximum absolute atomic E-state index is 9.73. The van der Waals surface area contributed by atoms with Crippen molar-refractivity contribution in [2.24, 2.45) is 5.92 Å². The molecule has 4 unspecified atom stereocenters. The van der Waals surface area contributed by atoms with Gasteiger partial charge in [-0.05, 0) is 44.4 Å². The molecule has 6 nitrogen and oxygen atoms in total. The van der Waals surface area contributed by atoms with Crippen LogP contribution in [0.3, 0.4) is 0 Å². The third kappa shape index (κ3) is 9.63. The molecular formula is C14H30O6. The molecule has 6 N–H and O–H groups in total. The Balaban J connectivity index is 3.85. The van der Waals surface area contributed by atoms with Crippen LogP contribution in [-0.4, -0.2) is 68.8 Å². The lowest BCUT2D eigenvalue weighted by molar-refractivity contribution is 0.0337. The molecule has 0 aromatic carbocycles. The first kappa shape index (κ1) is 19.8. The Hall–Kier alpha value is -0.240. The van der Waals surface area contributed by atoms with Crippen LogP contribution in [0.4, 0.5) is 0 Å². The van der Waals surface area contributed by atoms with E-state index in [1.54, 1.807) is 0 Å². The van der Waals surface area contributed by atoms with Gasteiger partial charge in [-0.3, -0.25) is 0 Å². The maximum atomic E-state index is 9.73. The van der Waals surface area contributed by atoms with Crippen LogP contribution < -0.4 is 0 Å². The van der Waals surface area contributed by atoms with E-state index in [1.165, 1.54) is 0 Å². The van der Waals surface area contributed by atoms with Gasteiger partial charge in [0.2, 0.25) is 0 Å². The van der Waals surface area contributed by atoms with Crippen molar-refractivity contribution < 1.29 is 30.6 Å². The second kappa shape index (κ2) is 12.5. The van der Waals surface area contributed by atoms with Crippen molar-refractivity contribution in [2.75, 3.05) is 19.8 Å². The molecule has 0 heterocycles. The van der Waals surface area contributed by atoms with Crippen LogP contribution in [0.1, 0.15) is 44.9 Å². The summed E-state index contributed by atoms with van der Waals surface area (Å²) >= 11 is 0. The highest BCUT2D eigenvalue weighted by Gasteiger charge is 2.18. The van der Waals surface area contributed by atoms with Crippen LogP contribution in [0.15, 0.2) is 0 Å². The molecule has 4 atom stereocenters. The number of aliphatic hydroxyl groups is 6. The molecule has 0 spiro atoms. The van der Waals surface area contributed by atoms with Crippen molar-refractivity contribution in [1.29, 1.82) is 0 Å². The van der Waals surface area contributed by atoms with E-state index < -0.39 is 18.3 Å². The van der Waals surface area contributed by atoms with Crippen molar-refractivity contribution in [3.63, 3.8) is 0 Å². The molecule has 0 bridgehead atoms. The predicted octanol–water partition coefficient (Wildman–Crippen LogP) is -0.607. The zero-order valence-corrected chi connectivity index (χ0v) is 12.1. The van der Waals surface area contributed by atoms with E-state index in [0.29, 0.717) is 44.9 Å². The topological polar surface area (TPSA) is 121 Å². The number of aliphatic hydroxyl groups excluding tert-OH is 6. The van der Waals surface area contributed by atoms with Gasteiger partial charge in [-0.25, -0.2) is 0 Å². The summed E-state index contributed by atoms with van der Waals surface area (Å²) in [5, 5.41) is 55.0. The minimum absolute atomic E-state index is 0.0658. The molecule has 122 valence electrons. The van der Waals surface area contributed by atoms with Crippen LogP contribution in [0.5, 0.6) is 0 Å². The zero-order chi connectivity index (χ0) is 15.4. The molecule has 0 aliphatic heterocycles. The zero-order valence-electron chi connectivity index (χ0n) is 12.1. The van der Waals surface area contributed by atoms with Crippen molar-refractivity contribution in [2.45, 2.75) is 63.3 Å². The highest BCUT2D eigenvalue weighted by Crippen LogP contribution is 2.20. The Kier molecular flexibility index (Phi) is 12.3. The van der Waals surface area contributed by atoms with Gasteiger partial charge in [0.1, 0.15) is 0 Å². The van der Waals surface area contributed by atoms with Crippen LogP contribution in [-0.2, 0) is 0 Å². The van der Waals surface area contributed by atoms with Gasteiger partial charge in [0, 0.05) is 6.61 Å². The Morgan fingerprint density at radius 2 is 1.20 bits per heavy atom. The SMILES string of the molecule is OCCCC(CCCC(O)CCC(O)CO)C(O)CO. The first-order valence-corrected chi connectivity index (χ1v) is 7.41. The second-order valence-electron chi connectivity index (χ2n) is 5.37. The fraction of sp³-hybridized carbons (Fsp3) is 1.00. The molecule has 0 aliphatic carbocycles. The third-order valence-corrected chi connectivity index (χ3v) is 3.62. The quantitative estimate of drug-likeness (QED) is 0.270. The minimum Gasteiger partial charge on any atom is -0.396 e. The number of rotatable bonds is 13.